The number of carbonyl (C=O) groups excluding carboxylic acids is 1. The number of thiazole rings is 1. The van der Waals surface area contributed by atoms with E-state index in [9.17, 15) is 9.90 Å². The standard InChI is InChI=1S/C22H29ClN2O3S/c1-15(2)20(26)25-12-4-10-22(27,11-13-25)21-24-16(3)19(29-21)9-14-28-18-7-5-17(23)6-8-18/h5-8,15,27H,4,9-14H2,1-3H3. The zero-order chi connectivity index (χ0) is 21.0. The van der Waals surface area contributed by atoms with Crippen LogP contribution in [0.15, 0.2) is 24.3 Å². The Hall–Kier alpha value is -1.63. The van der Waals surface area contributed by atoms with E-state index < -0.39 is 5.60 Å². The minimum atomic E-state index is -0.962. The molecular formula is C22H29ClN2O3S. The number of likely N-dealkylation sites (tertiary alicyclic amines) is 1. The van der Waals surface area contributed by atoms with E-state index >= 15 is 0 Å². The highest BCUT2D eigenvalue weighted by molar-refractivity contribution is 7.11. The summed E-state index contributed by atoms with van der Waals surface area (Å²) >= 11 is 7.46. The number of aryl methyl sites for hydroxylation is 1. The first-order valence-electron chi connectivity index (χ1n) is 10.1. The number of ether oxygens (including phenoxy) is 1. The van der Waals surface area contributed by atoms with Crippen molar-refractivity contribution in [2.45, 2.75) is 52.1 Å². The number of amides is 1. The average Bonchev–Trinajstić information content (AvgIpc) is 2.94. The van der Waals surface area contributed by atoms with Crippen molar-refractivity contribution in [2.24, 2.45) is 5.92 Å². The molecule has 1 atom stereocenters. The van der Waals surface area contributed by atoms with Crippen LogP contribution < -0.4 is 4.74 Å². The van der Waals surface area contributed by atoms with Crippen LogP contribution in [-0.2, 0) is 16.8 Å². The second-order valence-electron chi connectivity index (χ2n) is 7.95. The summed E-state index contributed by atoms with van der Waals surface area (Å²) in [6.45, 7) is 7.63. The molecule has 1 aliphatic rings. The predicted octanol–water partition coefficient (Wildman–Crippen LogP) is 4.58. The molecule has 1 aromatic carbocycles. The number of benzene rings is 1. The average molecular weight is 437 g/mol. The Labute approximate surface area is 181 Å². The van der Waals surface area contributed by atoms with Crippen molar-refractivity contribution >= 4 is 28.8 Å². The summed E-state index contributed by atoms with van der Waals surface area (Å²) in [6, 6.07) is 7.32. The maximum atomic E-state index is 12.3. The van der Waals surface area contributed by atoms with E-state index in [1.54, 1.807) is 11.3 Å². The van der Waals surface area contributed by atoms with Crippen molar-refractivity contribution in [3.63, 3.8) is 0 Å². The van der Waals surface area contributed by atoms with Crippen molar-refractivity contribution < 1.29 is 14.6 Å². The van der Waals surface area contributed by atoms with Crippen molar-refractivity contribution in [1.29, 1.82) is 0 Å². The molecule has 1 unspecified atom stereocenters. The summed E-state index contributed by atoms with van der Waals surface area (Å²) in [5.74, 6) is 0.925. The summed E-state index contributed by atoms with van der Waals surface area (Å²) < 4.78 is 5.80. The molecule has 158 valence electrons. The van der Waals surface area contributed by atoms with Gasteiger partial charge in [-0.25, -0.2) is 4.98 Å². The van der Waals surface area contributed by atoms with Gasteiger partial charge in [0.25, 0.3) is 0 Å². The first-order valence-corrected chi connectivity index (χ1v) is 11.3. The third-order valence-corrected chi connectivity index (χ3v) is 6.98. The van der Waals surface area contributed by atoms with E-state index in [1.807, 2.05) is 49.9 Å². The second-order valence-corrected chi connectivity index (χ2v) is 9.47. The van der Waals surface area contributed by atoms with Crippen molar-refractivity contribution in [2.75, 3.05) is 19.7 Å². The Morgan fingerprint density at radius 2 is 2.03 bits per heavy atom. The maximum Gasteiger partial charge on any atom is 0.225 e. The van der Waals surface area contributed by atoms with Crippen LogP contribution in [0, 0.1) is 12.8 Å². The molecular weight excluding hydrogens is 408 g/mol. The maximum absolute atomic E-state index is 12.3. The Morgan fingerprint density at radius 3 is 2.72 bits per heavy atom. The van der Waals surface area contributed by atoms with Gasteiger partial charge in [-0.3, -0.25) is 4.79 Å². The van der Waals surface area contributed by atoms with Crippen LogP contribution >= 0.6 is 22.9 Å². The highest BCUT2D eigenvalue weighted by Gasteiger charge is 2.36. The van der Waals surface area contributed by atoms with Gasteiger partial charge in [0.2, 0.25) is 5.91 Å². The van der Waals surface area contributed by atoms with Crippen LogP contribution in [-0.4, -0.2) is 40.6 Å². The lowest BCUT2D eigenvalue weighted by molar-refractivity contribution is -0.134. The smallest absolute Gasteiger partial charge is 0.225 e. The minimum absolute atomic E-state index is 0.0180. The summed E-state index contributed by atoms with van der Waals surface area (Å²) in [5, 5.41) is 12.7. The molecule has 2 aromatic rings. The zero-order valence-electron chi connectivity index (χ0n) is 17.3. The Morgan fingerprint density at radius 1 is 1.31 bits per heavy atom. The molecule has 3 rings (SSSR count). The van der Waals surface area contributed by atoms with E-state index in [0.717, 1.165) is 34.2 Å². The molecule has 1 amide bonds. The summed E-state index contributed by atoms with van der Waals surface area (Å²) in [4.78, 5) is 20.0. The Kier molecular flexibility index (Phi) is 7.19. The Bertz CT molecular complexity index is 837. The lowest BCUT2D eigenvalue weighted by atomic mass is 9.96. The number of carbonyl (C=O) groups is 1. The van der Waals surface area contributed by atoms with E-state index in [-0.39, 0.29) is 11.8 Å². The van der Waals surface area contributed by atoms with Crippen LogP contribution in [0.25, 0.3) is 0 Å². The quantitative estimate of drug-likeness (QED) is 0.719. The van der Waals surface area contributed by atoms with Crippen molar-refractivity contribution in [3.8, 4) is 5.75 Å². The molecule has 2 heterocycles. The first kappa shape index (κ1) is 22.1. The molecule has 1 fully saturated rings. The van der Waals surface area contributed by atoms with Gasteiger partial charge in [0, 0.05) is 41.7 Å². The predicted molar refractivity (Wildman–Crippen MR) is 117 cm³/mol. The Balaban J connectivity index is 1.62. The van der Waals surface area contributed by atoms with E-state index in [2.05, 4.69) is 4.98 Å². The fourth-order valence-electron chi connectivity index (χ4n) is 3.57. The topological polar surface area (TPSA) is 62.7 Å². The van der Waals surface area contributed by atoms with Gasteiger partial charge in [-0.1, -0.05) is 25.4 Å². The van der Waals surface area contributed by atoms with Crippen molar-refractivity contribution in [1.82, 2.24) is 9.88 Å². The summed E-state index contributed by atoms with van der Waals surface area (Å²) in [5.41, 5.74) is -0.0195. The summed E-state index contributed by atoms with van der Waals surface area (Å²) in [6.07, 6.45) is 2.67. The number of nitrogens with zero attached hydrogens (tertiary/aromatic N) is 2. The molecule has 0 aliphatic carbocycles. The van der Waals surface area contributed by atoms with Gasteiger partial charge in [0.1, 0.15) is 16.4 Å². The molecule has 1 aromatic heterocycles. The fourth-order valence-corrected chi connectivity index (χ4v) is 4.88. The zero-order valence-corrected chi connectivity index (χ0v) is 18.9. The van der Waals surface area contributed by atoms with E-state index in [4.69, 9.17) is 16.3 Å². The number of aliphatic hydroxyl groups is 1. The van der Waals surface area contributed by atoms with Crippen LogP contribution in [0.2, 0.25) is 5.02 Å². The molecule has 0 saturated carbocycles. The highest BCUT2D eigenvalue weighted by atomic mass is 35.5. The number of rotatable bonds is 6. The van der Waals surface area contributed by atoms with E-state index in [1.165, 1.54) is 0 Å². The van der Waals surface area contributed by atoms with Gasteiger partial charge in [-0.05, 0) is 44.0 Å². The van der Waals surface area contributed by atoms with Gasteiger partial charge in [0.05, 0.1) is 12.3 Å². The number of aromatic nitrogens is 1. The third-order valence-electron chi connectivity index (χ3n) is 5.32. The lowest BCUT2D eigenvalue weighted by Crippen LogP contribution is -2.36. The van der Waals surface area contributed by atoms with Gasteiger partial charge in [0.15, 0.2) is 0 Å². The largest absolute Gasteiger partial charge is 0.493 e. The molecule has 1 saturated heterocycles. The van der Waals surface area contributed by atoms with Gasteiger partial charge >= 0.3 is 0 Å². The third kappa shape index (κ3) is 5.50. The molecule has 1 N–H and O–H groups in total. The van der Waals surface area contributed by atoms with Gasteiger partial charge in [-0.15, -0.1) is 11.3 Å². The number of hydrogen-bond donors (Lipinski definition) is 1. The molecule has 0 bridgehead atoms. The molecule has 0 radical (unpaired) electrons. The van der Waals surface area contributed by atoms with Crippen molar-refractivity contribution in [3.05, 3.63) is 44.9 Å². The van der Waals surface area contributed by atoms with Crippen LogP contribution in [0.5, 0.6) is 5.75 Å². The molecule has 1 aliphatic heterocycles. The SMILES string of the molecule is Cc1nc(C2(O)CCCN(C(=O)C(C)C)CC2)sc1CCOc1ccc(Cl)cc1. The first-order chi connectivity index (χ1) is 13.8. The van der Waals surface area contributed by atoms with Gasteiger partial charge in [-0.2, -0.15) is 0 Å². The number of halogens is 1. The molecule has 5 nitrogen and oxygen atoms in total. The van der Waals surface area contributed by atoms with E-state index in [0.29, 0.717) is 37.6 Å². The second kappa shape index (κ2) is 9.45. The molecule has 7 heteroatoms. The number of hydrogen-bond acceptors (Lipinski definition) is 5. The van der Waals surface area contributed by atoms with Crippen LogP contribution in [0.4, 0.5) is 0 Å². The monoisotopic (exact) mass is 436 g/mol. The molecule has 0 spiro atoms. The summed E-state index contributed by atoms with van der Waals surface area (Å²) in [7, 11) is 0. The fraction of sp³-hybridized carbons (Fsp3) is 0.545. The lowest BCUT2D eigenvalue weighted by Gasteiger charge is -2.25. The minimum Gasteiger partial charge on any atom is -0.493 e. The van der Waals surface area contributed by atoms with Crippen LogP contribution in [0.3, 0.4) is 0 Å². The normalized spacial score (nSPS) is 20.0. The van der Waals surface area contributed by atoms with Gasteiger partial charge < -0.3 is 14.7 Å². The highest BCUT2D eigenvalue weighted by Crippen LogP contribution is 2.37. The van der Waals surface area contributed by atoms with Crippen LogP contribution in [0.1, 0.15) is 48.7 Å². The molecule has 29 heavy (non-hydrogen) atoms.